The predicted molar refractivity (Wildman–Crippen MR) is 69.1 cm³/mol. The molecule has 1 atom stereocenters. The number of ether oxygens (including phenoxy) is 2. The van der Waals surface area contributed by atoms with Crippen molar-refractivity contribution in [3.05, 3.63) is 15.5 Å². The van der Waals surface area contributed by atoms with Crippen LogP contribution in [0.4, 0.5) is 0 Å². The lowest BCUT2D eigenvalue weighted by atomic mass is 10.2. The van der Waals surface area contributed by atoms with Crippen molar-refractivity contribution in [2.45, 2.75) is 13.0 Å². The van der Waals surface area contributed by atoms with E-state index in [1.807, 2.05) is 13.0 Å². The van der Waals surface area contributed by atoms with Gasteiger partial charge in [-0.15, -0.1) is 11.3 Å². The number of halogens is 1. The van der Waals surface area contributed by atoms with Crippen LogP contribution in [0.3, 0.4) is 0 Å². The summed E-state index contributed by atoms with van der Waals surface area (Å²) in [7, 11) is 0. The molecular weight excluding hydrogens is 306 g/mol. The van der Waals surface area contributed by atoms with E-state index < -0.39 is 0 Å². The van der Waals surface area contributed by atoms with Crippen molar-refractivity contribution in [2.75, 3.05) is 13.2 Å². The highest BCUT2D eigenvalue weighted by Gasteiger charge is 2.24. The first-order valence-corrected chi connectivity index (χ1v) is 6.80. The molecule has 1 N–H and O–H groups in total. The Bertz CT molecular complexity index is 584. The van der Waals surface area contributed by atoms with Crippen molar-refractivity contribution < 1.29 is 14.6 Å². The minimum Gasteiger partial charge on any atom is -0.484 e. The van der Waals surface area contributed by atoms with Gasteiger partial charge in [0.05, 0.1) is 12.1 Å². The molecule has 1 unspecified atom stereocenters. The zero-order valence-corrected chi connectivity index (χ0v) is 11.5. The molecule has 6 heteroatoms. The normalized spacial score (nSPS) is 18.6. The van der Waals surface area contributed by atoms with E-state index >= 15 is 0 Å². The first-order chi connectivity index (χ1) is 8.19. The summed E-state index contributed by atoms with van der Waals surface area (Å²) in [4.78, 5) is 4.41. The standard InChI is InChI=1S/C11H10BrNO3S/c1-5-2-7-9(15-4-6(3-14)16-7)10-8(5)13-11(12)17-10/h2,6,14H,3-4H2,1H3. The molecule has 90 valence electrons. The fourth-order valence-electron chi connectivity index (χ4n) is 1.86. The number of hydrogen-bond donors (Lipinski definition) is 1. The number of aromatic nitrogens is 1. The van der Waals surface area contributed by atoms with E-state index in [9.17, 15) is 0 Å². The van der Waals surface area contributed by atoms with Gasteiger partial charge in [0.15, 0.2) is 21.5 Å². The van der Waals surface area contributed by atoms with E-state index in [0.29, 0.717) is 12.4 Å². The van der Waals surface area contributed by atoms with Gasteiger partial charge in [0.25, 0.3) is 0 Å². The predicted octanol–water partition coefficient (Wildman–Crippen LogP) is 2.50. The summed E-state index contributed by atoms with van der Waals surface area (Å²) in [5.74, 6) is 1.43. The second-order valence-electron chi connectivity index (χ2n) is 3.90. The molecule has 0 saturated carbocycles. The molecule has 2 heterocycles. The maximum atomic E-state index is 9.08. The smallest absolute Gasteiger partial charge is 0.180 e. The lowest BCUT2D eigenvalue weighted by Crippen LogP contribution is -2.32. The van der Waals surface area contributed by atoms with E-state index in [0.717, 1.165) is 25.4 Å². The van der Waals surface area contributed by atoms with Crippen molar-refractivity contribution in [1.82, 2.24) is 4.98 Å². The van der Waals surface area contributed by atoms with E-state index in [1.54, 1.807) is 0 Å². The van der Waals surface area contributed by atoms with E-state index in [2.05, 4.69) is 20.9 Å². The number of hydrogen-bond acceptors (Lipinski definition) is 5. The fraction of sp³-hybridized carbons (Fsp3) is 0.364. The fourth-order valence-corrected chi connectivity index (χ4v) is 3.39. The van der Waals surface area contributed by atoms with Crippen LogP contribution < -0.4 is 9.47 Å². The van der Waals surface area contributed by atoms with Crippen LogP contribution in [0, 0.1) is 6.92 Å². The summed E-state index contributed by atoms with van der Waals surface area (Å²) in [6.45, 7) is 2.32. The number of aliphatic hydroxyl groups excluding tert-OH is 1. The van der Waals surface area contributed by atoms with Crippen molar-refractivity contribution in [3.8, 4) is 11.5 Å². The highest BCUT2D eigenvalue weighted by Crippen LogP contribution is 2.44. The molecule has 3 rings (SSSR count). The number of aliphatic hydroxyl groups is 1. The first kappa shape index (κ1) is 11.3. The number of aryl methyl sites for hydroxylation is 1. The molecular formula is C11H10BrNO3S. The third kappa shape index (κ3) is 1.80. The van der Waals surface area contributed by atoms with Crippen LogP contribution >= 0.6 is 27.3 Å². The summed E-state index contributed by atoms with van der Waals surface area (Å²) in [6.07, 6.45) is -0.282. The largest absolute Gasteiger partial charge is 0.484 e. The summed E-state index contributed by atoms with van der Waals surface area (Å²) < 4.78 is 13.2. The van der Waals surface area contributed by atoms with E-state index in [-0.39, 0.29) is 12.7 Å². The van der Waals surface area contributed by atoms with Crippen molar-refractivity contribution in [2.24, 2.45) is 0 Å². The second kappa shape index (κ2) is 4.12. The highest BCUT2D eigenvalue weighted by atomic mass is 79.9. The van der Waals surface area contributed by atoms with Crippen molar-refractivity contribution >= 4 is 37.5 Å². The maximum absolute atomic E-state index is 9.08. The average molecular weight is 316 g/mol. The van der Waals surface area contributed by atoms with E-state index in [1.165, 1.54) is 11.3 Å². The number of fused-ring (bicyclic) bond motifs is 3. The lowest BCUT2D eigenvalue weighted by molar-refractivity contribution is 0.0468. The zero-order chi connectivity index (χ0) is 12.0. The van der Waals surface area contributed by atoms with Gasteiger partial charge in [0, 0.05) is 0 Å². The maximum Gasteiger partial charge on any atom is 0.180 e. The van der Waals surface area contributed by atoms with Crippen LogP contribution in [0.1, 0.15) is 5.56 Å². The van der Waals surface area contributed by atoms with Gasteiger partial charge in [-0.25, -0.2) is 4.98 Å². The first-order valence-electron chi connectivity index (χ1n) is 5.19. The van der Waals surface area contributed by atoms with Gasteiger partial charge in [-0.2, -0.15) is 0 Å². The average Bonchev–Trinajstić information content (AvgIpc) is 2.71. The minimum absolute atomic E-state index is 0.0388. The van der Waals surface area contributed by atoms with Gasteiger partial charge in [-0.1, -0.05) is 0 Å². The van der Waals surface area contributed by atoms with Gasteiger partial charge in [0.2, 0.25) is 0 Å². The Hall–Kier alpha value is -0.850. The van der Waals surface area contributed by atoms with Gasteiger partial charge in [-0.05, 0) is 34.5 Å². The van der Waals surface area contributed by atoms with Crippen LogP contribution in [0.5, 0.6) is 11.5 Å². The molecule has 1 aliphatic rings. The molecule has 0 spiro atoms. The molecule has 1 aromatic carbocycles. The number of benzene rings is 1. The van der Waals surface area contributed by atoms with E-state index in [4.69, 9.17) is 14.6 Å². The Morgan fingerprint density at radius 3 is 3.24 bits per heavy atom. The Morgan fingerprint density at radius 1 is 1.65 bits per heavy atom. The Balaban J connectivity index is 2.20. The summed E-state index contributed by atoms with van der Waals surface area (Å²) in [5.41, 5.74) is 1.98. The van der Waals surface area contributed by atoms with Crippen molar-refractivity contribution in [3.63, 3.8) is 0 Å². The van der Waals surface area contributed by atoms with Crippen LogP contribution in [0.25, 0.3) is 10.2 Å². The quantitative estimate of drug-likeness (QED) is 0.878. The van der Waals surface area contributed by atoms with Crippen molar-refractivity contribution in [1.29, 1.82) is 0 Å². The zero-order valence-electron chi connectivity index (χ0n) is 9.07. The van der Waals surface area contributed by atoms with Crippen LogP contribution in [-0.4, -0.2) is 29.4 Å². The third-order valence-electron chi connectivity index (χ3n) is 2.66. The van der Waals surface area contributed by atoms with Gasteiger partial charge < -0.3 is 14.6 Å². The van der Waals surface area contributed by atoms with Crippen LogP contribution in [0.15, 0.2) is 9.98 Å². The molecule has 1 aliphatic heterocycles. The molecule has 17 heavy (non-hydrogen) atoms. The Morgan fingerprint density at radius 2 is 2.47 bits per heavy atom. The lowest BCUT2D eigenvalue weighted by Gasteiger charge is -2.25. The van der Waals surface area contributed by atoms with Gasteiger partial charge in [-0.3, -0.25) is 0 Å². The second-order valence-corrected chi connectivity index (χ2v) is 6.17. The van der Waals surface area contributed by atoms with Gasteiger partial charge in [0.1, 0.15) is 11.3 Å². The molecule has 2 aromatic rings. The monoisotopic (exact) mass is 315 g/mol. The van der Waals surface area contributed by atoms with Gasteiger partial charge >= 0.3 is 0 Å². The number of thiazole rings is 1. The summed E-state index contributed by atoms with van der Waals surface area (Å²) >= 11 is 4.91. The van der Waals surface area contributed by atoms with Crippen LogP contribution in [0.2, 0.25) is 0 Å². The highest BCUT2D eigenvalue weighted by molar-refractivity contribution is 9.11. The third-order valence-corrected chi connectivity index (χ3v) is 4.17. The summed E-state index contributed by atoms with van der Waals surface area (Å²) in [5, 5.41) is 9.08. The molecule has 4 nitrogen and oxygen atoms in total. The number of nitrogens with zero attached hydrogens (tertiary/aromatic N) is 1. The Kier molecular flexibility index (Phi) is 2.72. The number of rotatable bonds is 1. The molecule has 1 aromatic heterocycles. The topological polar surface area (TPSA) is 51.6 Å². The molecule has 0 radical (unpaired) electrons. The molecule has 0 bridgehead atoms. The molecule has 0 aliphatic carbocycles. The molecule has 0 saturated heterocycles. The molecule has 0 amide bonds. The van der Waals surface area contributed by atoms with Crippen LogP contribution in [-0.2, 0) is 0 Å². The molecule has 0 fully saturated rings. The minimum atomic E-state index is -0.282. The Labute approximate surface area is 110 Å². The SMILES string of the molecule is Cc1cc2c(c3sc(Br)nc13)OCC(CO)O2. The summed E-state index contributed by atoms with van der Waals surface area (Å²) in [6, 6.07) is 1.91.